The summed E-state index contributed by atoms with van der Waals surface area (Å²) >= 11 is 6.06. The van der Waals surface area contributed by atoms with Crippen LogP contribution in [0.15, 0.2) is 59.9 Å². The fourth-order valence-electron chi connectivity index (χ4n) is 4.92. The van der Waals surface area contributed by atoms with Gasteiger partial charge in [-0.25, -0.2) is 9.67 Å². The highest BCUT2D eigenvalue weighted by Gasteiger charge is 2.39. The van der Waals surface area contributed by atoms with E-state index in [9.17, 15) is 36.3 Å². The van der Waals surface area contributed by atoms with Crippen LogP contribution in [0.1, 0.15) is 44.5 Å². The number of hydrogen-bond donors (Lipinski definition) is 2. The van der Waals surface area contributed by atoms with Gasteiger partial charge < -0.3 is 10.6 Å². The molecule has 0 saturated carbocycles. The van der Waals surface area contributed by atoms with Crippen LogP contribution < -0.4 is 16.2 Å². The molecule has 1 aliphatic heterocycles. The maximum Gasteiger partial charge on any atom is 0.471 e. The zero-order valence-corrected chi connectivity index (χ0v) is 23.5. The molecule has 0 aliphatic carbocycles. The standard InChI is InChI=1S/C28H23ClF5N7O3/c1-14-3-2-4-22(20-9-15(7-8-35-20)24-21(38-25(14)43)12-37-41(24)27(30)31)40-13-36-19(11-23(40)42)17-10-16(29)5-6-18(17)39-26(44)28(32,33)34/h5-14,22,27H,2-4H2,1H3,(H,38,43)(H,39,44)/t14-,22+/m1/s1. The highest BCUT2D eigenvalue weighted by molar-refractivity contribution is 6.31. The van der Waals surface area contributed by atoms with Crippen molar-refractivity contribution in [1.29, 1.82) is 0 Å². The number of fused-ring (bicyclic) bond motifs is 4. The van der Waals surface area contributed by atoms with Gasteiger partial charge in [0.25, 0.3) is 5.56 Å². The summed E-state index contributed by atoms with van der Waals surface area (Å²) in [6.07, 6.45) is -0.284. The van der Waals surface area contributed by atoms with Gasteiger partial charge in [-0.2, -0.15) is 27.1 Å². The molecule has 3 aromatic heterocycles. The van der Waals surface area contributed by atoms with E-state index in [-0.39, 0.29) is 44.8 Å². The van der Waals surface area contributed by atoms with Crippen molar-refractivity contribution in [2.45, 2.75) is 45.0 Å². The normalized spacial score (nSPS) is 17.3. The summed E-state index contributed by atoms with van der Waals surface area (Å²) in [7, 11) is 0. The molecule has 1 aromatic carbocycles. The minimum atomic E-state index is -5.16. The molecule has 2 atom stereocenters. The Morgan fingerprint density at radius 1 is 1.11 bits per heavy atom. The first-order chi connectivity index (χ1) is 20.8. The van der Waals surface area contributed by atoms with E-state index in [1.165, 1.54) is 41.4 Å². The summed E-state index contributed by atoms with van der Waals surface area (Å²) in [4.78, 5) is 46.6. The van der Waals surface area contributed by atoms with Crippen molar-refractivity contribution in [3.63, 3.8) is 0 Å². The van der Waals surface area contributed by atoms with Crippen molar-refractivity contribution in [2.24, 2.45) is 5.92 Å². The average Bonchev–Trinajstić information content (AvgIpc) is 3.39. The lowest BCUT2D eigenvalue weighted by atomic mass is 9.97. The predicted molar refractivity (Wildman–Crippen MR) is 150 cm³/mol. The van der Waals surface area contributed by atoms with Gasteiger partial charge >= 0.3 is 18.6 Å². The van der Waals surface area contributed by atoms with E-state index in [4.69, 9.17) is 11.6 Å². The lowest BCUT2D eigenvalue weighted by molar-refractivity contribution is -0.167. The third-order valence-electron chi connectivity index (χ3n) is 7.13. The molecule has 0 radical (unpaired) electrons. The molecule has 2 N–H and O–H groups in total. The molecule has 0 unspecified atom stereocenters. The van der Waals surface area contributed by atoms with Crippen LogP contribution in [0, 0.1) is 5.92 Å². The van der Waals surface area contributed by atoms with E-state index in [2.05, 4.69) is 20.4 Å². The SMILES string of the molecule is C[C@@H]1CCC[C@H](n2cnc(-c3cc(Cl)ccc3NC(=O)C(F)(F)F)cc2=O)c2cc(ccn2)-c2c(cnn2C(F)F)NC1=O. The lowest BCUT2D eigenvalue weighted by Crippen LogP contribution is -2.30. The van der Waals surface area contributed by atoms with Crippen molar-refractivity contribution in [2.75, 3.05) is 10.6 Å². The summed E-state index contributed by atoms with van der Waals surface area (Å²) in [5, 5.41) is 8.31. The molecule has 0 saturated heterocycles. The second-order valence-corrected chi connectivity index (χ2v) is 10.5. The van der Waals surface area contributed by atoms with Gasteiger partial charge in [-0.1, -0.05) is 24.9 Å². The largest absolute Gasteiger partial charge is 0.471 e. The van der Waals surface area contributed by atoms with Crippen molar-refractivity contribution >= 4 is 34.8 Å². The number of nitrogens with one attached hydrogen (secondary N) is 2. The molecule has 1 aliphatic rings. The minimum absolute atomic E-state index is 0.0224. The highest BCUT2D eigenvalue weighted by atomic mass is 35.5. The maximum atomic E-state index is 13.9. The van der Waals surface area contributed by atoms with Crippen molar-refractivity contribution in [3.05, 3.63) is 76.2 Å². The third-order valence-corrected chi connectivity index (χ3v) is 7.37. The summed E-state index contributed by atoms with van der Waals surface area (Å²) < 4.78 is 68.2. The van der Waals surface area contributed by atoms with Crippen LogP contribution in [0.2, 0.25) is 5.02 Å². The molecule has 0 spiro atoms. The van der Waals surface area contributed by atoms with Gasteiger partial charge in [-0.3, -0.25) is 23.9 Å². The van der Waals surface area contributed by atoms with Crippen molar-refractivity contribution in [1.82, 2.24) is 24.3 Å². The van der Waals surface area contributed by atoms with Gasteiger partial charge in [0.15, 0.2) is 0 Å². The topological polar surface area (TPSA) is 124 Å². The Labute approximate surface area is 250 Å². The number of hydrogen-bond acceptors (Lipinski definition) is 6. The number of amides is 2. The Bertz CT molecular complexity index is 1790. The van der Waals surface area contributed by atoms with E-state index in [1.54, 1.807) is 12.2 Å². The number of pyridine rings is 1. The average molecular weight is 636 g/mol. The molecule has 5 rings (SSSR count). The lowest BCUT2D eigenvalue weighted by Gasteiger charge is -2.22. The summed E-state index contributed by atoms with van der Waals surface area (Å²) in [5.41, 5.74) is -0.302. The van der Waals surface area contributed by atoms with Gasteiger partial charge in [-0.15, -0.1) is 0 Å². The summed E-state index contributed by atoms with van der Waals surface area (Å²) in [6.45, 7) is -1.32. The first-order valence-electron chi connectivity index (χ1n) is 13.2. The Balaban J connectivity index is 1.58. The number of benzene rings is 1. The number of anilines is 2. The summed E-state index contributed by atoms with van der Waals surface area (Å²) in [5.74, 6) is -3.10. The van der Waals surface area contributed by atoms with Gasteiger partial charge in [0.1, 0.15) is 0 Å². The monoisotopic (exact) mass is 635 g/mol. The van der Waals surface area contributed by atoms with E-state index >= 15 is 0 Å². The van der Waals surface area contributed by atoms with Crippen molar-refractivity contribution in [3.8, 4) is 22.5 Å². The van der Waals surface area contributed by atoms with Crippen LogP contribution in [-0.2, 0) is 9.59 Å². The van der Waals surface area contributed by atoms with Gasteiger partial charge in [0.05, 0.1) is 47.0 Å². The molecule has 0 fully saturated rings. The number of rotatable bonds is 4. The van der Waals surface area contributed by atoms with E-state index in [0.29, 0.717) is 29.6 Å². The van der Waals surface area contributed by atoms with E-state index in [1.807, 2.05) is 0 Å². The summed E-state index contributed by atoms with van der Waals surface area (Å²) in [6, 6.07) is 7.01. The third kappa shape index (κ3) is 6.32. The van der Waals surface area contributed by atoms with Crippen LogP contribution in [-0.4, -0.2) is 42.3 Å². The molecule has 2 amide bonds. The first-order valence-corrected chi connectivity index (χ1v) is 13.6. The second-order valence-electron chi connectivity index (χ2n) is 10.1. The number of halogens is 6. The Hall–Kier alpha value is -4.66. The zero-order chi connectivity index (χ0) is 31.8. The van der Waals surface area contributed by atoms with Crippen molar-refractivity contribution < 1.29 is 31.5 Å². The molecular weight excluding hydrogens is 613 g/mol. The molecule has 16 heteroatoms. The smallest absolute Gasteiger partial charge is 0.323 e. The number of nitrogens with zero attached hydrogens (tertiary/aromatic N) is 5. The molecule has 4 aromatic rings. The van der Waals surface area contributed by atoms with E-state index in [0.717, 1.165) is 18.3 Å². The first kappa shape index (κ1) is 30.8. The van der Waals surface area contributed by atoms with E-state index < -0.39 is 36.2 Å². The molecule has 10 nitrogen and oxygen atoms in total. The molecule has 44 heavy (non-hydrogen) atoms. The van der Waals surface area contributed by atoms with Crippen LogP contribution in [0.4, 0.5) is 33.3 Å². The Kier molecular flexibility index (Phi) is 8.50. The number of alkyl halides is 5. The number of carbonyl (C=O) groups is 2. The molecule has 230 valence electrons. The minimum Gasteiger partial charge on any atom is -0.323 e. The zero-order valence-electron chi connectivity index (χ0n) is 22.8. The maximum absolute atomic E-state index is 13.9. The predicted octanol–water partition coefficient (Wildman–Crippen LogP) is 6.07. The van der Waals surface area contributed by atoms with Gasteiger partial charge in [0.2, 0.25) is 5.91 Å². The van der Waals surface area contributed by atoms with Crippen LogP contribution in [0.5, 0.6) is 0 Å². The Morgan fingerprint density at radius 3 is 2.59 bits per heavy atom. The van der Waals surface area contributed by atoms with Crippen LogP contribution in [0.25, 0.3) is 22.5 Å². The van der Waals surface area contributed by atoms with Gasteiger partial charge in [0, 0.05) is 34.3 Å². The quantitative estimate of drug-likeness (QED) is 0.263. The molecule has 2 bridgehead atoms. The van der Waals surface area contributed by atoms with Crippen LogP contribution >= 0.6 is 11.6 Å². The fraction of sp³-hybridized carbons (Fsp3) is 0.286. The van der Waals surface area contributed by atoms with Crippen LogP contribution in [0.3, 0.4) is 0 Å². The Morgan fingerprint density at radius 2 is 1.89 bits per heavy atom. The fourth-order valence-corrected chi connectivity index (χ4v) is 5.10. The number of carbonyl (C=O) groups excluding carboxylic acids is 2. The molecular formula is C28H23ClF5N7O3. The highest BCUT2D eigenvalue weighted by Crippen LogP contribution is 2.35. The van der Waals surface area contributed by atoms with Gasteiger partial charge in [-0.05, 0) is 43.2 Å². The number of aromatic nitrogens is 5. The molecule has 4 heterocycles. The second kappa shape index (κ2) is 12.1.